The predicted octanol–water partition coefficient (Wildman–Crippen LogP) is 2.03. The highest BCUT2D eigenvalue weighted by molar-refractivity contribution is 6.36. The van der Waals surface area contributed by atoms with Crippen LogP contribution in [0.2, 0.25) is 10.0 Å². The number of carbonyl (C=O) groups is 1. The maximum atomic E-state index is 13.5. The highest BCUT2D eigenvalue weighted by Crippen LogP contribution is 2.32. The molecule has 4 nitrogen and oxygen atoms in total. The second-order valence-electron chi connectivity index (χ2n) is 4.84. The van der Waals surface area contributed by atoms with Crippen LogP contribution in [-0.4, -0.2) is 29.7 Å². The van der Waals surface area contributed by atoms with Crippen LogP contribution in [0.5, 0.6) is 0 Å². The number of halogens is 3. The van der Waals surface area contributed by atoms with E-state index in [2.05, 4.69) is 10.6 Å². The maximum absolute atomic E-state index is 13.5. The van der Waals surface area contributed by atoms with E-state index in [0.29, 0.717) is 23.6 Å². The van der Waals surface area contributed by atoms with Crippen molar-refractivity contribution in [3.8, 4) is 0 Å². The Balaban J connectivity index is 2.10. The molecule has 1 fully saturated rings. The quantitative estimate of drug-likeness (QED) is 0.747. The second kappa shape index (κ2) is 6.26. The molecule has 3 atom stereocenters. The number of hydrogen-bond acceptors (Lipinski definition) is 3. The van der Waals surface area contributed by atoms with Gasteiger partial charge in [0.25, 0.3) is 0 Å². The molecule has 7 heteroatoms. The van der Waals surface area contributed by atoms with Gasteiger partial charge in [-0.1, -0.05) is 23.2 Å². The monoisotopic (exact) mass is 320 g/mol. The Labute approximate surface area is 126 Å². The van der Waals surface area contributed by atoms with Gasteiger partial charge >= 0.3 is 0 Å². The average Bonchev–Trinajstić information content (AvgIpc) is 2.81. The summed E-state index contributed by atoms with van der Waals surface area (Å²) >= 11 is 11.9. The van der Waals surface area contributed by atoms with Crippen LogP contribution in [0.3, 0.4) is 0 Å². The summed E-state index contributed by atoms with van der Waals surface area (Å²) in [6, 6.07) is 1.59. The summed E-state index contributed by atoms with van der Waals surface area (Å²) < 4.78 is 13.5. The van der Waals surface area contributed by atoms with E-state index in [-0.39, 0.29) is 10.9 Å². The SMILES string of the molecule is C[C@H](NC(=O)[C@@H]1C[C@H](O)CN1)c1c(Cl)ccc(F)c1Cl. The maximum Gasteiger partial charge on any atom is 0.237 e. The molecule has 2 rings (SSSR count). The molecular weight excluding hydrogens is 306 g/mol. The first kappa shape index (κ1) is 15.5. The number of β-amino-alcohol motifs (C(OH)–C–C–N with tert-alkyl or cyclic N) is 1. The predicted molar refractivity (Wildman–Crippen MR) is 75.4 cm³/mol. The van der Waals surface area contributed by atoms with Gasteiger partial charge in [0.1, 0.15) is 5.82 Å². The zero-order chi connectivity index (χ0) is 14.9. The van der Waals surface area contributed by atoms with Crippen molar-refractivity contribution in [3.05, 3.63) is 33.6 Å². The summed E-state index contributed by atoms with van der Waals surface area (Å²) in [6.45, 7) is 2.06. The zero-order valence-corrected chi connectivity index (χ0v) is 12.3. The van der Waals surface area contributed by atoms with Gasteiger partial charge in [0.2, 0.25) is 5.91 Å². The van der Waals surface area contributed by atoms with Gasteiger partial charge in [-0.05, 0) is 25.5 Å². The third-order valence-electron chi connectivity index (χ3n) is 3.30. The van der Waals surface area contributed by atoms with Crippen LogP contribution in [0.1, 0.15) is 24.9 Å². The molecule has 1 amide bonds. The second-order valence-corrected chi connectivity index (χ2v) is 5.62. The van der Waals surface area contributed by atoms with Crippen LogP contribution < -0.4 is 10.6 Å². The Bertz CT molecular complexity index is 527. The minimum Gasteiger partial charge on any atom is -0.392 e. The topological polar surface area (TPSA) is 61.4 Å². The molecule has 1 aliphatic heterocycles. The summed E-state index contributed by atoms with van der Waals surface area (Å²) in [7, 11) is 0. The lowest BCUT2D eigenvalue weighted by molar-refractivity contribution is -0.123. The number of rotatable bonds is 3. The number of aliphatic hydroxyl groups excluding tert-OH is 1. The van der Waals surface area contributed by atoms with Crippen molar-refractivity contribution < 1.29 is 14.3 Å². The van der Waals surface area contributed by atoms with Crippen molar-refractivity contribution in [1.82, 2.24) is 10.6 Å². The largest absolute Gasteiger partial charge is 0.392 e. The highest BCUT2D eigenvalue weighted by atomic mass is 35.5. The fourth-order valence-corrected chi connectivity index (χ4v) is 2.94. The molecule has 1 heterocycles. The Morgan fingerprint density at radius 1 is 1.55 bits per heavy atom. The van der Waals surface area contributed by atoms with Crippen molar-refractivity contribution >= 4 is 29.1 Å². The highest BCUT2D eigenvalue weighted by Gasteiger charge is 2.29. The summed E-state index contributed by atoms with van der Waals surface area (Å²) in [6.07, 6.45) is -0.175. The van der Waals surface area contributed by atoms with E-state index in [1.165, 1.54) is 12.1 Å². The first-order chi connectivity index (χ1) is 9.40. The summed E-state index contributed by atoms with van der Waals surface area (Å²) in [5.41, 5.74) is 0.347. The number of carbonyl (C=O) groups excluding carboxylic acids is 1. The average molecular weight is 321 g/mol. The molecular formula is C13H15Cl2FN2O2. The van der Waals surface area contributed by atoms with Crippen LogP contribution >= 0.6 is 23.2 Å². The van der Waals surface area contributed by atoms with E-state index in [9.17, 15) is 14.3 Å². The van der Waals surface area contributed by atoms with Gasteiger partial charge in [-0.3, -0.25) is 4.79 Å². The molecule has 3 N–H and O–H groups in total. The molecule has 1 aromatic carbocycles. The molecule has 0 bridgehead atoms. The van der Waals surface area contributed by atoms with Gasteiger partial charge in [0.05, 0.1) is 23.2 Å². The van der Waals surface area contributed by atoms with Crippen LogP contribution in [0, 0.1) is 5.82 Å². The number of amides is 1. The molecule has 0 radical (unpaired) electrons. The molecule has 0 saturated carbocycles. The fourth-order valence-electron chi connectivity index (χ4n) is 2.24. The molecule has 0 unspecified atom stereocenters. The van der Waals surface area contributed by atoms with E-state index < -0.39 is 24.0 Å². The van der Waals surface area contributed by atoms with Crippen LogP contribution in [0.15, 0.2) is 12.1 Å². The van der Waals surface area contributed by atoms with Crippen molar-refractivity contribution in [2.24, 2.45) is 0 Å². The lowest BCUT2D eigenvalue weighted by atomic mass is 10.1. The molecule has 110 valence electrons. The third kappa shape index (κ3) is 3.23. The molecule has 1 saturated heterocycles. The fraction of sp³-hybridized carbons (Fsp3) is 0.462. The van der Waals surface area contributed by atoms with E-state index >= 15 is 0 Å². The minimum atomic E-state index is -0.582. The number of benzene rings is 1. The van der Waals surface area contributed by atoms with E-state index in [1.807, 2.05) is 0 Å². The van der Waals surface area contributed by atoms with Gasteiger partial charge in [-0.2, -0.15) is 0 Å². The van der Waals surface area contributed by atoms with Crippen LogP contribution in [-0.2, 0) is 4.79 Å². The zero-order valence-electron chi connectivity index (χ0n) is 10.8. The molecule has 1 aromatic rings. The van der Waals surface area contributed by atoms with Gasteiger partial charge in [0.15, 0.2) is 0 Å². The molecule has 1 aliphatic rings. The van der Waals surface area contributed by atoms with Gasteiger partial charge in [-0.25, -0.2) is 4.39 Å². The number of nitrogens with one attached hydrogen (secondary N) is 2. The van der Waals surface area contributed by atoms with Gasteiger partial charge in [0, 0.05) is 17.1 Å². The molecule has 0 aliphatic carbocycles. The van der Waals surface area contributed by atoms with Crippen molar-refractivity contribution in [1.29, 1.82) is 0 Å². The van der Waals surface area contributed by atoms with Crippen molar-refractivity contribution in [2.45, 2.75) is 31.5 Å². The van der Waals surface area contributed by atoms with Crippen molar-refractivity contribution in [3.63, 3.8) is 0 Å². The summed E-state index contributed by atoms with van der Waals surface area (Å²) in [5.74, 6) is -0.855. The third-order valence-corrected chi connectivity index (χ3v) is 4.01. The molecule has 0 spiro atoms. The van der Waals surface area contributed by atoms with Crippen molar-refractivity contribution in [2.75, 3.05) is 6.54 Å². The molecule has 20 heavy (non-hydrogen) atoms. The van der Waals surface area contributed by atoms with E-state index in [4.69, 9.17) is 23.2 Å². The van der Waals surface area contributed by atoms with E-state index in [1.54, 1.807) is 6.92 Å². The first-order valence-corrected chi connectivity index (χ1v) is 7.01. The van der Waals surface area contributed by atoms with Crippen LogP contribution in [0.4, 0.5) is 4.39 Å². The smallest absolute Gasteiger partial charge is 0.237 e. The summed E-state index contributed by atoms with van der Waals surface area (Å²) in [4.78, 5) is 12.0. The Morgan fingerprint density at radius 3 is 2.85 bits per heavy atom. The standard InChI is InChI=1S/C13H15Cl2FN2O2/c1-6(11-8(14)2-3-9(16)12(11)15)18-13(20)10-4-7(19)5-17-10/h2-3,6-7,10,17,19H,4-5H2,1H3,(H,18,20)/t6-,7-,10-/m0/s1. The number of hydrogen-bond donors (Lipinski definition) is 3. The lowest BCUT2D eigenvalue weighted by Crippen LogP contribution is -2.41. The van der Waals surface area contributed by atoms with Gasteiger partial charge < -0.3 is 15.7 Å². The minimum absolute atomic E-state index is 0.0929. The summed E-state index contributed by atoms with van der Waals surface area (Å²) in [5, 5.41) is 15.2. The van der Waals surface area contributed by atoms with Gasteiger partial charge in [-0.15, -0.1) is 0 Å². The Hall–Kier alpha value is -0.880. The normalized spacial score (nSPS) is 23.6. The lowest BCUT2D eigenvalue weighted by Gasteiger charge is -2.19. The van der Waals surface area contributed by atoms with Crippen LogP contribution in [0.25, 0.3) is 0 Å². The number of aliphatic hydroxyl groups is 1. The first-order valence-electron chi connectivity index (χ1n) is 6.25. The van der Waals surface area contributed by atoms with E-state index in [0.717, 1.165) is 0 Å². The molecule has 0 aromatic heterocycles. The Kier molecular flexibility index (Phi) is 4.86. The Morgan fingerprint density at radius 2 is 2.25 bits per heavy atom.